The molecule has 1 aliphatic rings. The molecule has 1 aromatic carbocycles. The van der Waals surface area contributed by atoms with Gasteiger partial charge in [-0.25, -0.2) is 4.39 Å². The molecule has 8 heteroatoms. The molecule has 0 saturated heterocycles. The minimum absolute atomic E-state index is 0.207. The van der Waals surface area contributed by atoms with E-state index in [1.807, 2.05) is 12.1 Å². The molecule has 0 aliphatic heterocycles. The fraction of sp³-hybridized carbons (Fsp3) is 0.300. The molecule has 1 saturated carbocycles. The molecule has 0 spiro atoms. The van der Waals surface area contributed by atoms with Gasteiger partial charge >= 0.3 is 0 Å². The summed E-state index contributed by atoms with van der Waals surface area (Å²) in [6, 6.07) is 8.84. The summed E-state index contributed by atoms with van der Waals surface area (Å²) < 4.78 is 15.8. The first-order valence-electron chi connectivity index (χ1n) is 9.12. The Hall–Kier alpha value is -2.74. The zero-order valence-electron chi connectivity index (χ0n) is 15.6. The number of hydrogen-bond acceptors (Lipinski definition) is 5. The maximum atomic E-state index is 13.7. The molecule has 0 bridgehead atoms. The van der Waals surface area contributed by atoms with Crippen LogP contribution < -0.4 is 5.32 Å². The molecule has 1 aliphatic carbocycles. The van der Waals surface area contributed by atoms with E-state index in [1.165, 1.54) is 17.8 Å². The number of aryl methyl sites for hydroxylation is 1. The molecule has 1 amide bonds. The topological polar surface area (TPSA) is 72.7 Å². The van der Waals surface area contributed by atoms with Gasteiger partial charge in [0.05, 0.1) is 5.25 Å². The summed E-state index contributed by atoms with van der Waals surface area (Å²) in [6.07, 6.45) is 5.63. The Labute approximate surface area is 166 Å². The highest BCUT2D eigenvalue weighted by molar-refractivity contribution is 8.00. The van der Waals surface area contributed by atoms with Crippen LogP contribution in [-0.4, -0.2) is 30.9 Å². The van der Waals surface area contributed by atoms with Crippen molar-refractivity contribution < 1.29 is 9.18 Å². The lowest BCUT2D eigenvalue weighted by Crippen LogP contribution is -2.23. The highest BCUT2D eigenvalue weighted by Crippen LogP contribution is 2.41. The molecular weight excluding hydrogens is 377 g/mol. The third-order valence-electron chi connectivity index (χ3n) is 4.59. The Bertz CT molecular complexity index is 1000. The fourth-order valence-corrected chi connectivity index (χ4v) is 3.76. The van der Waals surface area contributed by atoms with Gasteiger partial charge in [-0.1, -0.05) is 17.8 Å². The molecule has 144 valence electrons. The summed E-state index contributed by atoms with van der Waals surface area (Å²) in [7, 11) is 0. The van der Waals surface area contributed by atoms with E-state index in [0.717, 1.165) is 24.2 Å². The van der Waals surface area contributed by atoms with Crippen molar-refractivity contribution in [2.75, 3.05) is 5.32 Å². The Balaban J connectivity index is 1.51. The maximum absolute atomic E-state index is 13.7. The molecule has 4 rings (SSSR count). The fourth-order valence-electron chi connectivity index (χ4n) is 2.84. The van der Waals surface area contributed by atoms with Gasteiger partial charge in [-0.05, 0) is 56.5 Å². The molecule has 3 aromatic rings. The second-order valence-electron chi connectivity index (χ2n) is 6.86. The van der Waals surface area contributed by atoms with Crippen molar-refractivity contribution in [1.29, 1.82) is 0 Å². The van der Waals surface area contributed by atoms with Crippen LogP contribution in [0, 0.1) is 12.7 Å². The van der Waals surface area contributed by atoms with E-state index >= 15 is 0 Å². The first kappa shape index (κ1) is 18.6. The highest BCUT2D eigenvalue weighted by Gasteiger charge is 2.31. The van der Waals surface area contributed by atoms with Crippen molar-refractivity contribution in [2.45, 2.75) is 43.1 Å². The normalized spacial score (nSPS) is 14.7. The molecule has 0 unspecified atom stereocenters. The first-order valence-corrected chi connectivity index (χ1v) is 10.00. The summed E-state index contributed by atoms with van der Waals surface area (Å²) in [6.45, 7) is 3.49. The Morgan fingerprint density at radius 2 is 2.14 bits per heavy atom. The van der Waals surface area contributed by atoms with Crippen LogP contribution in [0.1, 0.15) is 31.4 Å². The number of nitrogens with one attached hydrogen (secondary N) is 1. The predicted molar refractivity (Wildman–Crippen MR) is 107 cm³/mol. The van der Waals surface area contributed by atoms with E-state index in [1.54, 1.807) is 38.4 Å². The van der Waals surface area contributed by atoms with Crippen LogP contribution in [0.2, 0.25) is 0 Å². The van der Waals surface area contributed by atoms with E-state index in [4.69, 9.17) is 0 Å². The average molecular weight is 397 g/mol. The second kappa shape index (κ2) is 7.71. The third-order valence-corrected chi connectivity index (χ3v) is 5.64. The summed E-state index contributed by atoms with van der Waals surface area (Å²) in [4.78, 5) is 16.7. The summed E-state index contributed by atoms with van der Waals surface area (Å²) in [5.41, 5.74) is 1.89. The summed E-state index contributed by atoms with van der Waals surface area (Å²) >= 11 is 1.35. The lowest BCUT2D eigenvalue weighted by Gasteiger charge is -2.13. The van der Waals surface area contributed by atoms with Gasteiger partial charge in [-0.2, -0.15) is 0 Å². The van der Waals surface area contributed by atoms with E-state index in [-0.39, 0.29) is 11.7 Å². The largest absolute Gasteiger partial charge is 0.325 e. The smallest absolute Gasteiger partial charge is 0.237 e. The zero-order chi connectivity index (χ0) is 19.7. The third kappa shape index (κ3) is 3.91. The zero-order valence-corrected chi connectivity index (χ0v) is 16.4. The molecule has 1 N–H and O–H groups in total. The van der Waals surface area contributed by atoms with Crippen LogP contribution >= 0.6 is 11.8 Å². The van der Waals surface area contributed by atoms with E-state index < -0.39 is 5.25 Å². The number of pyridine rings is 1. The van der Waals surface area contributed by atoms with E-state index in [0.29, 0.717) is 22.4 Å². The van der Waals surface area contributed by atoms with Gasteiger partial charge in [0.1, 0.15) is 5.82 Å². The van der Waals surface area contributed by atoms with Crippen LogP contribution in [0.15, 0.2) is 47.9 Å². The van der Waals surface area contributed by atoms with Gasteiger partial charge in [0.15, 0.2) is 11.0 Å². The van der Waals surface area contributed by atoms with Crippen LogP contribution in [0.4, 0.5) is 10.1 Å². The number of nitrogens with zero attached hydrogens (tertiary/aromatic N) is 4. The lowest BCUT2D eigenvalue weighted by atomic mass is 10.2. The lowest BCUT2D eigenvalue weighted by molar-refractivity contribution is -0.115. The number of benzene rings is 1. The number of amides is 1. The number of rotatable bonds is 6. The standard InChI is InChI=1S/C20H20FN5OS/c1-12-5-6-15(10-17(12)21)23-19(27)13(2)28-20-25-24-18(26(20)16-7-8-16)14-4-3-9-22-11-14/h3-6,9-11,13,16H,7-8H2,1-2H3,(H,23,27)/t13-/m1/s1. The van der Waals surface area contributed by atoms with Crippen molar-refractivity contribution >= 4 is 23.4 Å². The van der Waals surface area contributed by atoms with Crippen molar-refractivity contribution in [1.82, 2.24) is 19.7 Å². The van der Waals surface area contributed by atoms with Crippen LogP contribution in [0.5, 0.6) is 0 Å². The van der Waals surface area contributed by atoms with Gasteiger partial charge in [-0.15, -0.1) is 10.2 Å². The summed E-state index contributed by atoms with van der Waals surface area (Å²) in [5, 5.41) is 11.7. The average Bonchev–Trinajstić information content (AvgIpc) is 3.45. The quantitative estimate of drug-likeness (QED) is 0.630. The molecule has 1 fully saturated rings. The molecule has 2 aromatic heterocycles. The molecular formula is C20H20FN5OS. The number of carbonyl (C=O) groups excluding carboxylic acids is 1. The summed E-state index contributed by atoms with van der Waals surface area (Å²) in [5.74, 6) is 0.223. The number of aromatic nitrogens is 4. The Morgan fingerprint density at radius 3 is 2.82 bits per heavy atom. The van der Waals surface area contributed by atoms with Crippen LogP contribution in [0.25, 0.3) is 11.4 Å². The van der Waals surface area contributed by atoms with Gasteiger partial charge in [0.25, 0.3) is 0 Å². The molecule has 2 heterocycles. The van der Waals surface area contributed by atoms with E-state index in [2.05, 4.69) is 25.1 Å². The monoisotopic (exact) mass is 397 g/mol. The molecule has 1 atom stereocenters. The molecule has 6 nitrogen and oxygen atoms in total. The number of anilines is 1. The second-order valence-corrected chi connectivity index (χ2v) is 8.17. The van der Waals surface area contributed by atoms with Crippen molar-refractivity contribution in [3.63, 3.8) is 0 Å². The predicted octanol–water partition coefficient (Wildman–Crippen LogP) is 4.24. The van der Waals surface area contributed by atoms with Crippen LogP contribution in [0.3, 0.4) is 0 Å². The minimum atomic E-state index is -0.409. The van der Waals surface area contributed by atoms with Crippen molar-refractivity contribution in [3.8, 4) is 11.4 Å². The molecule has 28 heavy (non-hydrogen) atoms. The Morgan fingerprint density at radius 1 is 1.32 bits per heavy atom. The van der Waals surface area contributed by atoms with E-state index in [9.17, 15) is 9.18 Å². The number of halogens is 1. The first-order chi connectivity index (χ1) is 13.5. The van der Waals surface area contributed by atoms with Crippen molar-refractivity contribution in [2.24, 2.45) is 0 Å². The van der Waals surface area contributed by atoms with Gasteiger partial charge < -0.3 is 5.32 Å². The van der Waals surface area contributed by atoms with Gasteiger partial charge in [-0.3, -0.25) is 14.3 Å². The SMILES string of the molecule is Cc1ccc(NC(=O)[C@@H](C)Sc2nnc(-c3cccnc3)n2C2CC2)cc1F. The van der Waals surface area contributed by atoms with Gasteiger partial charge in [0.2, 0.25) is 5.91 Å². The Kier molecular flexibility index (Phi) is 5.13. The maximum Gasteiger partial charge on any atom is 0.237 e. The highest BCUT2D eigenvalue weighted by atomic mass is 32.2. The number of thioether (sulfide) groups is 1. The molecule has 0 radical (unpaired) electrons. The van der Waals surface area contributed by atoms with Crippen LogP contribution in [-0.2, 0) is 4.79 Å². The van der Waals surface area contributed by atoms with Gasteiger partial charge in [0, 0.05) is 29.7 Å². The van der Waals surface area contributed by atoms with Crippen molar-refractivity contribution in [3.05, 3.63) is 54.1 Å². The number of carbonyl (C=O) groups is 1. The minimum Gasteiger partial charge on any atom is -0.325 e. The number of hydrogen-bond donors (Lipinski definition) is 1.